The number of carbonyl (C=O) groups excluding carboxylic acids is 2. The van der Waals surface area contributed by atoms with E-state index in [0.717, 1.165) is 0 Å². The van der Waals surface area contributed by atoms with Crippen LogP contribution in [0.1, 0.15) is 17.3 Å². The zero-order valence-electron chi connectivity index (χ0n) is 15.5. The number of methoxy groups -OCH3 is 1. The standard InChI is InChI=1S/C19H27N3O4/c1-4-8-20-18(23)14-21-9-11-22(12-10-21)19(24)15-6-7-16(26-5-2)17(13-15)25-3/h4,6-7,13H,1,5,8-12,14H2,2-3H3,(H,20,23). The van der Waals surface area contributed by atoms with Gasteiger partial charge in [-0.3, -0.25) is 14.5 Å². The van der Waals surface area contributed by atoms with Crippen molar-refractivity contribution in [1.29, 1.82) is 0 Å². The zero-order valence-corrected chi connectivity index (χ0v) is 15.5. The molecule has 1 aliphatic heterocycles. The zero-order chi connectivity index (χ0) is 18.9. The van der Waals surface area contributed by atoms with Crippen molar-refractivity contribution < 1.29 is 19.1 Å². The van der Waals surface area contributed by atoms with Crippen LogP contribution in [0.5, 0.6) is 11.5 Å². The van der Waals surface area contributed by atoms with E-state index in [9.17, 15) is 9.59 Å². The number of rotatable bonds is 8. The van der Waals surface area contributed by atoms with Gasteiger partial charge in [0, 0.05) is 38.3 Å². The molecule has 0 spiro atoms. The number of hydrogen-bond acceptors (Lipinski definition) is 5. The van der Waals surface area contributed by atoms with Crippen LogP contribution in [0.3, 0.4) is 0 Å². The fraction of sp³-hybridized carbons (Fsp3) is 0.474. The molecule has 1 saturated heterocycles. The summed E-state index contributed by atoms with van der Waals surface area (Å²) < 4.78 is 10.8. The third-order valence-electron chi connectivity index (χ3n) is 4.18. The molecule has 0 bridgehead atoms. The molecule has 0 aliphatic carbocycles. The second-order valence-electron chi connectivity index (χ2n) is 5.96. The molecule has 1 aromatic carbocycles. The van der Waals surface area contributed by atoms with Gasteiger partial charge < -0.3 is 19.7 Å². The molecule has 7 nitrogen and oxygen atoms in total. The Bertz CT molecular complexity index is 640. The molecule has 1 heterocycles. The number of carbonyl (C=O) groups is 2. The lowest BCUT2D eigenvalue weighted by atomic mass is 10.1. The minimum absolute atomic E-state index is 0.0269. The quantitative estimate of drug-likeness (QED) is 0.704. The average Bonchev–Trinajstić information content (AvgIpc) is 2.67. The van der Waals surface area contributed by atoms with Crippen LogP contribution in [0.2, 0.25) is 0 Å². The molecule has 2 amide bonds. The number of nitrogens with zero attached hydrogens (tertiary/aromatic N) is 2. The predicted octanol–water partition coefficient (Wildman–Crippen LogP) is 1.15. The van der Waals surface area contributed by atoms with Gasteiger partial charge in [0.15, 0.2) is 11.5 Å². The van der Waals surface area contributed by atoms with Gasteiger partial charge in [-0.15, -0.1) is 6.58 Å². The highest BCUT2D eigenvalue weighted by atomic mass is 16.5. The van der Waals surface area contributed by atoms with E-state index in [4.69, 9.17) is 9.47 Å². The van der Waals surface area contributed by atoms with Crippen LogP contribution in [-0.4, -0.2) is 74.6 Å². The summed E-state index contributed by atoms with van der Waals surface area (Å²) in [6, 6.07) is 5.23. The number of piperazine rings is 1. The summed E-state index contributed by atoms with van der Waals surface area (Å²) >= 11 is 0. The number of benzene rings is 1. The predicted molar refractivity (Wildman–Crippen MR) is 99.7 cm³/mol. The second-order valence-corrected chi connectivity index (χ2v) is 5.96. The number of hydrogen-bond donors (Lipinski definition) is 1. The van der Waals surface area contributed by atoms with Gasteiger partial charge >= 0.3 is 0 Å². The number of ether oxygens (including phenoxy) is 2. The van der Waals surface area contributed by atoms with Crippen LogP contribution in [-0.2, 0) is 4.79 Å². The fourth-order valence-corrected chi connectivity index (χ4v) is 2.81. The minimum atomic E-state index is -0.0397. The van der Waals surface area contributed by atoms with Crippen LogP contribution in [0.25, 0.3) is 0 Å². The summed E-state index contributed by atoms with van der Waals surface area (Å²) in [5.74, 6) is 1.11. The van der Waals surface area contributed by atoms with E-state index in [1.807, 2.05) is 11.8 Å². The fourth-order valence-electron chi connectivity index (χ4n) is 2.81. The topological polar surface area (TPSA) is 71.1 Å². The Morgan fingerprint density at radius 3 is 2.58 bits per heavy atom. The summed E-state index contributed by atoms with van der Waals surface area (Å²) in [6.07, 6.45) is 1.65. The molecule has 0 aromatic heterocycles. The Kier molecular flexibility index (Phi) is 7.47. The molecule has 1 N–H and O–H groups in total. The highest BCUT2D eigenvalue weighted by Crippen LogP contribution is 2.28. The Morgan fingerprint density at radius 2 is 1.96 bits per heavy atom. The maximum Gasteiger partial charge on any atom is 0.254 e. The van der Waals surface area contributed by atoms with Gasteiger partial charge in [-0.25, -0.2) is 0 Å². The highest BCUT2D eigenvalue weighted by Gasteiger charge is 2.24. The van der Waals surface area contributed by atoms with Gasteiger partial charge in [0.1, 0.15) is 0 Å². The summed E-state index contributed by atoms with van der Waals surface area (Å²) in [5, 5.41) is 2.76. The Balaban J connectivity index is 1.91. The second kappa shape index (κ2) is 9.82. The first-order chi connectivity index (χ1) is 12.6. The smallest absolute Gasteiger partial charge is 0.254 e. The van der Waals surface area contributed by atoms with E-state index in [0.29, 0.717) is 62.9 Å². The summed E-state index contributed by atoms with van der Waals surface area (Å²) in [7, 11) is 1.56. The Morgan fingerprint density at radius 1 is 1.23 bits per heavy atom. The summed E-state index contributed by atoms with van der Waals surface area (Å²) in [4.78, 5) is 28.3. The van der Waals surface area contributed by atoms with Crippen molar-refractivity contribution in [2.45, 2.75) is 6.92 Å². The third kappa shape index (κ3) is 5.23. The lowest BCUT2D eigenvalue weighted by Gasteiger charge is -2.34. The van der Waals surface area contributed by atoms with Crippen LogP contribution in [0.15, 0.2) is 30.9 Å². The van der Waals surface area contributed by atoms with Crippen LogP contribution in [0, 0.1) is 0 Å². The van der Waals surface area contributed by atoms with Crippen molar-refractivity contribution in [3.8, 4) is 11.5 Å². The molecule has 7 heteroatoms. The van der Waals surface area contributed by atoms with E-state index in [1.54, 1.807) is 36.3 Å². The molecular formula is C19H27N3O4. The van der Waals surface area contributed by atoms with Crippen molar-refractivity contribution in [3.05, 3.63) is 36.4 Å². The molecule has 1 fully saturated rings. The number of nitrogens with one attached hydrogen (secondary N) is 1. The molecule has 142 valence electrons. The lowest BCUT2D eigenvalue weighted by Crippen LogP contribution is -2.51. The van der Waals surface area contributed by atoms with Crippen LogP contribution < -0.4 is 14.8 Å². The Hall–Kier alpha value is -2.54. The van der Waals surface area contributed by atoms with E-state index >= 15 is 0 Å². The summed E-state index contributed by atoms with van der Waals surface area (Å²) in [6.45, 7) is 9.33. The molecule has 0 atom stereocenters. The van der Waals surface area contributed by atoms with E-state index in [2.05, 4.69) is 11.9 Å². The molecule has 1 aromatic rings. The molecule has 26 heavy (non-hydrogen) atoms. The van der Waals surface area contributed by atoms with Crippen LogP contribution in [0.4, 0.5) is 0 Å². The molecule has 2 rings (SSSR count). The highest BCUT2D eigenvalue weighted by molar-refractivity contribution is 5.95. The maximum absolute atomic E-state index is 12.7. The maximum atomic E-state index is 12.7. The molecule has 0 saturated carbocycles. The van der Waals surface area contributed by atoms with E-state index in [1.165, 1.54) is 0 Å². The van der Waals surface area contributed by atoms with Gasteiger partial charge in [-0.05, 0) is 25.1 Å². The van der Waals surface area contributed by atoms with Crippen molar-refractivity contribution in [3.63, 3.8) is 0 Å². The van der Waals surface area contributed by atoms with Gasteiger partial charge in [-0.2, -0.15) is 0 Å². The first-order valence-corrected chi connectivity index (χ1v) is 8.79. The molecule has 1 aliphatic rings. The van der Waals surface area contributed by atoms with Gasteiger partial charge in [0.2, 0.25) is 5.91 Å². The number of amides is 2. The van der Waals surface area contributed by atoms with Gasteiger partial charge in [-0.1, -0.05) is 6.08 Å². The molecule has 0 unspecified atom stereocenters. The lowest BCUT2D eigenvalue weighted by molar-refractivity contribution is -0.122. The monoisotopic (exact) mass is 361 g/mol. The van der Waals surface area contributed by atoms with Crippen molar-refractivity contribution in [1.82, 2.24) is 15.1 Å². The van der Waals surface area contributed by atoms with E-state index in [-0.39, 0.29) is 11.8 Å². The van der Waals surface area contributed by atoms with Crippen LogP contribution >= 0.6 is 0 Å². The first-order valence-electron chi connectivity index (χ1n) is 8.79. The van der Waals surface area contributed by atoms with Crippen molar-refractivity contribution in [2.75, 3.05) is 53.0 Å². The first kappa shape index (κ1) is 19.8. The minimum Gasteiger partial charge on any atom is -0.493 e. The summed E-state index contributed by atoms with van der Waals surface area (Å²) in [5.41, 5.74) is 0.572. The molecular weight excluding hydrogens is 334 g/mol. The van der Waals surface area contributed by atoms with Gasteiger partial charge in [0.25, 0.3) is 5.91 Å². The Labute approximate surface area is 154 Å². The largest absolute Gasteiger partial charge is 0.493 e. The SMILES string of the molecule is C=CCNC(=O)CN1CCN(C(=O)c2ccc(OCC)c(OC)c2)CC1. The van der Waals surface area contributed by atoms with Crippen molar-refractivity contribution >= 4 is 11.8 Å². The van der Waals surface area contributed by atoms with Crippen molar-refractivity contribution in [2.24, 2.45) is 0 Å². The third-order valence-corrected chi connectivity index (χ3v) is 4.18. The average molecular weight is 361 g/mol. The molecule has 0 radical (unpaired) electrons. The van der Waals surface area contributed by atoms with E-state index < -0.39 is 0 Å². The van der Waals surface area contributed by atoms with Gasteiger partial charge in [0.05, 0.1) is 20.3 Å². The normalized spacial score (nSPS) is 14.6.